The average Bonchev–Trinajstić information content (AvgIpc) is 2.69. The second-order valence-electron chi connectivity index (χ2n) is 7.08. The third-order valence-electron chi connectivity index (χ3n) is 5.40. The van der Waals surface area contributed by atoms with Crippen molar-refractivity contribution in [3.63, 3.8) is 0 Å². The van der Waals surface area contributed by atoms with Gasteiger partial charge in [0, 0.05) is 51.4 Å². The van der Waals surface area contributed by atoms with Crippen LogP contribution in [-0.4, -0.2) is 67.2 Å². The summed E-state index contributed by atoms with van der Waals surface area (Å²) in [6.07, 6.45) is 3.22. The Kier molecular flexibility index (Phi) is 4.88. The Morgan fingerprint density at radius 1 is 1.23 bits per heavy atom. The smallest absolute Gasteiger partial charge is 0.224 e. The Bertz CT molecular complexity index is 779. The fourth-order valence-electron chi connectivity index (χ4n) is 3.87. The number of anilines is 1. The number of hydrogen-bond donors (Lipinski definition) is 1. The quantitative estimate of drug-likeness (QED) is 0.891. The summed E-state index contributed by atoms with van der Waals surface area (Å²) in [5, 5.41) is 3.94. The predicted molar refractivity (Wildman–Crippen MR) is 100 cm³/mol. The molecule has 0 aliphatic carbocycles. The lowest BCUT2D eigenvalue weighted by Gasteiger charge is -2.38. The highest BCUT2D eigenvalue weighted by Gasteiger charge is 2.23. The van der Waals surface area contributed by atoms with E-state index in [0.717, 1.165) is 56.6 Å². The van der Waals surface area contributed by atoms with E-state index in [1.807, 2.05) is 6.07 Å². The van der Waals surface area contributed by atoms with E-state index in [9.17, 15) is 4.79 Å². The molecule has 0 radical (unpaired) electrons. The summed E-state index contributed by atoms with van der Waals surface area (Å²) in [7, 11) is 1.64. The molecule has 1 N–H and O–H groups in total. The van der Waals surface area contributed by atoms with Crippen LogP contribution in [0.25, 0.3) is 10.9 Å². The number of carbonyl (C=O) groups excluding carboxylic acids is 1. The molecule has 1 atom stereocenters. The van der Waals surface area contributed by atoms with Crippen LogP contribution in [0.15, 0.2) is 24.5 Å². The molecule has 0 spiro atoms. The van der Waals surface area contributed by atoms with Crippen molar-refractivity contribution in [1.82, 2.24) is 20.2 Å². The Morgan fingerprint density at radius 3 is 2.81 bits per heavy atom. The number of carbonyl (C=O) groups is 1. The molecule has 2 fully saturated rings. The van der Waals surface area contributed by atoms with E-state index in [0.29, 0.717) is 18.2 Å². The number of aromatic nitrogens is 2. The maximum Gasteiger partial charge on any atom is 0.224 e. The third-order valence-corrected chi connectivity index (χ3v) is 5.40. The van der Waals surface area contributed by atoms with E-state index in [4.69, 9.17) is 4.74 Å². The first-order valence-electron chi connectivity index (χ1n) is 9.25. The maximum atomic E-state index is 11.3. The second-order valence-corrected chi connectivity index (χ2v) is 7.08. The number of piperidine rings is 1. The van der Waals surface area contributed by atoms with Gasteiger partial charge in [0.15, 0.2) is 0 Å². The van der Waals surface area contributed by atoms with E-state index in [2.05, 4.69) is 37.2 Å². The molecule has 0 bridgehead atoms. The van der Waals surface area contributed by atoms with E-state index in [1.165, 1.54) is 12.0 Å². The van der Waals surface area contributed by atoms with Crippen molar-refractivity contribution in [2.75, 3.05) is 51.3 Å². The summed E-state index contributed by atoms with van der Waals surface area (Å²) < 4.78 is 5.37. The van der Waals surface area contributed by atoms with Gasteiger partial charge in [-0.3, -0.25) is 9.69 Å². The fourth-order valence-corrected chi connectivity index (χ4v) is 3.87. The zero-order chi connectivity index (χ0) is 17.9. The van der Waals surface area contributed by atoms with Crippen LogP contribution < -0.4 is 15.0 Å². The first-order chi connectivity index (χ1) is 12.7. The largest absolute Gasteiger partial charge is 0.480 e. The lowest BCUT2D eigenvalue weighted by atomic mass is 9.98. The van der Waals surface area contributed by atoms with Crippen LogP contribution in [0.1, 0.15) is 12.8 Å². The Balaban J connectivity index is 1.38. The number of ether oxygens (including phenoxy) is 1. The SMILES string of the molecule is COc1ncnc2ccc(N3CCN(CC4CCC(=O)NC4)CC3)cc12. The van der Waals surface area contributed by atoms with Crippen LogP contribution in [-0.2, 0) is 4.79 Å². The van der Waals surface area contributed by atoms with Crippen molar-refractivity contribution < 1.29 is 9.53 Å². The van der Waals surface area contributed by atoms with E-state index >= 15 is 0 Å². The first kappa shape index (κ1) is 17.0. The van der Waals surface area contributed by atoms with Crippen LogP contribution in [0.4, 0.5) is 5.69 Å². The molecule has 7 nitrogen and oxygen atoms in total. The van der Waals surface area contributed by atoms with Crippen molar-refractivity contribution >= 4 is 22.5 Å². The van der Waals surface area contributed by atoms with Crippen molar-refractivity contribution in [1.29, 1.82) is 0 Å². The zero-order valence-electron chi connectivity index (χ0n) is 15.1. The Morgan fingerprint density at radius 2 is 2.08 bits per heavy atom. The zero-order valence-corrected chi connectivity index (χ0v) is 15.1. The summed E-state index contributed by atoms with van der Waals surface area (Å²) in [5.74, 6) is 1.40. The maximum absolute atomic E-state index is 11.3. The van der Waals surface area contributed by atoms with Gasteiger partial charge in [-0.2, -0.15) is 0 Å². The molecule has 1 aromatic heterocycles. The number of hydrogen-bond acceptors (Lipinski definition) is 6. The van der Waals surface area contributed by atoms with Gasteiger partial charge in [0.05, 0.1) is 18.0 Å². The lowest BCUT2D eigenvalue weighted by Crippen LogP contribution is -2.49. The molecule has 2 saturated heterocycles. The summed E-state index contributed by atoms with van der Waals surface area (Å²) in [4.78, 5) is 24.7. The van der Waals surface area contributed by atoms with E-state index in [1.54, 1.807) is 7.11 Å². The van der Waals surface area contributed by atoms with Crippen LogP contribution >= 0.6 is 0 Å². The average molecular weight is 355 g/mol. The van der Waals surface area contributed by atoms with Gasteiger partial charge in [-0.25, -0.2) is 9.97 Å². The first-order valence-corrected chi connectivity index (χ1v) is 9.25. The van der Waals surface area contributed by atoms with Crippen molar-refractivity contribution in [2.45, 2.75) is 12.8 Å². The van der Waals surface area contributed by atoms with Gasteiger partial charge >= 0.3 is 0 Å². The van der Waals surface area contributed by atoms with Gasteiger partial charge in [-0.15, -0.1) is 0 Å². The molecule has 2 aromatic rings. The molecule has 4 rings (SSSR count). The minimum Gasteiger partial charge on any atom is -0.480 e. The van der Waals surface area contributed by atoms with Crippen LogP contribution in [0.2, 0.25) is 0 Å². The molecular weight excluding hydrogens is 330 g/mol. The number of nitrogens with one attached hydrogen (secondary N) is 1. The number of amides is 1. The minimum atomic E-state index is 0.196. The van der Waals surface area contributed by atoms with Crippen LogP contribution in [0.5, 0.6) is 5.88 Å². The highest BCUT2D eigenvalue weighted by atomic mass is 16.5. The number of nitrogens with zero attached hydrogens (tertiary/aromatic N) is 4. The van der Waals surface area contributed by atoms with Crippen molar-refractivity contribution in [2.24, 2.45) is 5.92 Å². The predicted octanol–water partition coefficient (Wildman–Crippen LogP) is 1.29. The molecule has 7 heteroatoms. The standard InChI is InChI=1S/C19H25N5O2/c1-26-19-16-10-15(3-4-17(16)21-13-22-19)24-8-6-23(7-9-24)12-14-2-5-18(25)20-11-14/h3-4,10,13-14H,2,5-9,11-12H2,1H3,(H,20,25). The second kappa shape index (κ2) is 7.45. The van der Waals surface area contributed by atoms with E-state index < -0.39 is 0 Å². The number of benzene rings is 1. The molecule has 3 heterocycles. The molecule has 2 aliphatic heterocycles. The fraction of sp³-hybridized carbons (Fsp3) is 0.526. The molecule has 1 aromatic carbocycles. The number of rotatable bonds is 4. The van der Waals surface area contributed by atoms with Gasteiger partial charge in [0.1, 0.15) is 6.33 Å². The molecule has 26 heavy (non-hydrogen) atoms. The van der Waals surface area contributed by atoms with Gasteiger partial charge < -0.3 is 15.0 Å². The number of methoxy groups -OCH3 is 1. The number of piperazine rings is 1. The highest BCUT2D eigenvalue weighted by Crippen LogP contribution is 2.27. The van der Waals surface area contributed by atoms with Gasteiger partial charge in [-0.1, -0.05) is 0 Å². The van der Waals surface area contributed by atoms with Gasteiger partial charge in [0.2, 0.25) is 11.8 Å². The van der Waals surface area contributed by atoms with Gasteiger partial charge in [-0.05, 0) is 30.5 Å². The molecule has 1 unspecified atom stereocenters. The molecular formula is C19H25N5O2. The van der Waals surface area contributed by atoms with Crippen molar-refractivity contribution in [3.05, 3.63) is 24.5 Å². The lowest BCUT2D eigenvalue weighted by molar-refractivity contribution is -0.123. The molecule has 1 amide bonds. The molecule has 138 valence electrons. The third kappa shape index (κ3) is 3.58. The van der Waals surface area contributed by atoms with Crippen LogP contribution in [0, 0.1) is 5.92 Å². The Hall–Kier alpha value is -2.41. The topological polar surface area (TPSA) is 70.6 Å². The van der Waals surface area contributed by atoms with E-state index in [-0.39, 0.29) is 5.91 Å². The van der Waals surface area contributed by atoms with Gasteiger partial charge in [0.25, 0.3) is 0 Å². The summed E-state index contributed by atoms with van der Waals surface area (Å²) >= 11 is 0. The highest BCUT2D eigenvalue weighted by molar-refractivity contribution is 5.86. The summed E-state index contributed by atoms with van der Waals surface area (Å²) in [5.41, 5.74) is 2.09. The number of fused-ring (bicyclic) bond motifs is 1. The summed E-state index contributed by atoms with van der Waals surface area (Å²) in [6.45, 7) is 5.99. The Labute approximate surface area is 153 Å². The molecule has 0 saturated carbocycles. The van der Waals surface area contributed by atoms with Crippen molar-refractivity contribution in [3.8, 4) is 5.88 Å². The minimum absolute atomic E-state index is 0.196. The normalized spacial score (nSPS) is 21.7. The van der Waals surface area contributed by atoms with Crippen LogP contribution in [0.3, 0.4) is 0 Å². The summed E-state index contributed by atoms with van der Waals surface area (Å²) in [6, 6.07) is 6.29. The monoisotopic (exact) mass is 355 g/mol. The molecule has 2 aliphatic rings.